The van der Waals surface area contributed by atoms with Crippen LogP contribution in [0, 0.1) is 0 Å². The number of anilines is 1. The number of carbonyl (C=O) groups is 1. The Balaban J connectivity index is 2.42. The molecule has 1 amide bonds. The number of amides is 1. The highest BCUT2D eigenvalue weighted by Crippen LogP contribution is 2.18. The number of nitrogens with one attached hydrogen (secondary N) is 1. The van der Waals surface area contributed by atoms with E-state index in [0.29, 0.717) is 5.69 Å². The molecule has 0 unspecified atom stereocenters. The number of allylic oxidation sites excluding steroid dienone is 2. The lowest BCUT2D eigenvalue weighted by Crippen LogP contribution is -2.55. The third-order valence-electron chi connectivity index (χ3n) is 3.66. The largest absolute Gasteiger partial charge is 0.337 e. The molecule has 0 radical (unpaired) electrons. The van der Waals surface area contributed by atoms with Gasteiger partial charge in [0.1, 0.15) is 6.54 Å². The first-order chi connectivity index (χ1) is 12.9. The normalized spacial score (nSPS) is 10.4. The van der Waals surface area contributed by atoms with Crippen LogP contribution in [0.25, 0.3) is 0 Å². The van der Waals surface area contributed by atoms with Crippen LogP contribution in [0.1, 0.15) is 0 Å². The SMILES string of the molecule is C=CCn1c(=O)n(CC=C)c(=O)n(CC(=O)Nc2cccc(SC)c2)c1=O. The van der Waals surface area contributed by atoms with Crippen molar-refractivity contribution in [1.29, 1.82) is 0 Å². The van der Waals surface area contributed by atoms with E-state index in [1.807, 2.05) is 12.3 Å². The van der Waals surface area contributed by atoms with Crippen molar-refractivity contribution in [3.8, 4) is 0 Å². The number of rotatable bonds is 8. The fraction of sp³-hybridized carbons (Fsp3) is 0.222. The molecule has 0 aliphatic rings. The molecule has 9 heteroatoms. The van der Waals surface area contributed by atoms with Gasteiger partial charge >= 0.3 is 17.1 Å². The Bertz CT molecular complexity index is 1000. The smallest absolute Gasteiger partial charge is 0.324 e. The van der Waals surface area contributed by atoms with Crippen molar-refractivity contribution in [2.75, 3.05) is 11.6 Å². The molecule has 1 aromatic heterocycles. The topological polar surface area (TPSA) is 95.1 Å². The van der Waals surface area contributed by atoms with Crippen molar-refractivity contribution < 1.29 is 4.79 Å². The van der Waals surface area contributed by atoms with Crippen LogP contribution in [0.3, 0.4) is 0 Å². The molecule has 0 atom stereocenters. The first-order valence-electron chi connectivity index (χ1n) is 8.03. The van der Waals surface area contributed by atoms with E-state index in [1.165, 1.54) is 23.9 Å². The van der Waals surface area contributed by atoms with Gasteiger partial charge in [0.2, 0.25) is 5.91 Å². The highest BCUT2D eigenvalue weighted by Gasteiger charge is 2.16. The minimum Gasteiger partial charge on any atom is -0.324 e. The van der Waals surface area contributed by atoms with Crippen molar-refractivity contribution in [3.63, 3.8) is 0 Å². The highest BCUT2D eigenvalue weighted by atomic mass is 32.2. The third-order valence-corrected chi connectivity index (χ3v) is 4.39. The standard InChI is InChI=1S/C18H20N4O4S/c1-4-9-20-16(24)21(10-5-2)18(26)22(17(20)25)12-15(23)19-13-7-6-8-14(11-13)27-3/h4-8,11H,1-2,9-10,12H2,3H3,(H,19,23). The molecule has 1 aromatic carbocycles. The van der Waals surface area contributed by atoms with Crippen molar-refractivity contribution in [1.82, 2.24) is 13.7 Å². The minimum absolute atomic E-state index is 0.0769. The summed E-state index contributed by atoms with van der Waals surface area (Å²) in [5, 5.41) is 2.65. The summed E-state index contributed by atoms with van der Waals surface area (Å²) in [5.74, 6) is -0.554. The minimum atomic E-state index is -0.863. The van der Waals surface area contributed by atoms with Crippen molar-refractivity contribution in [3.05, 3.63) is 81.0 Å². The molecule has 0 bridgehead atoms. The molecule has 0 fully saturated rings. The Labute approximate surface area is 159 Å². The van der Waals surface area contributed by atoms with E-state index < -0.39 is 29.5 Å². The van der Waals surface area contributed by atoms with Gasteiger partial charge in [0, 0.05) is 10.6 Å². The number of carbonyl (C=O) groups excluding carboxylic acids is 1. The van der Waals surface area contributed by atoms with E-state index in [2.05, 4.69) is 18.5 Å². The zero-order valence-electron chi connectivity index (χ0n) is 14.9. The van der Waals surface area contributed by atoms with E-state index in [9.17, 15) is 19.2 Å². The lowest BCUT2D eigenvalue weighted by molar-refractivity contribution is -0.116. The first-order valence-corrected chi connectivity index (χ1v) is 9.25. The second-order valence-corrected chi connectivity index (χ2v) is 6.39. The molecule has 0 saturated carbocycles. The van der Waals surface area contributed by atoms with E-state index >= 15 is 0 Å². The Hall–Kier alpha value is -3.07. The summed E-state index contributed by atoms with van der Waals surface area (Å²) >= 11 is 1.52. The van der Waals surface area contributed by atoms with Crippen molar-refractivity contribution in [2.24, 2.45) is 0 Å². The van der Waals surface area contributed by atoms with Gasteiger partial charge in [0.15, 0.2) is 0 Å². The van der Waals surface area contributed by atoms with E-state index in [0.717, 1.165) is 18.6 Å². The van der Waals surface area contributed by atoms with Crippen LogP contribution in [0.5, 0.6) is 0 Å². The van der Waals surface area contributed by atoms with Gasteiger partial charge in [0.25, 0.3) is 0 Å². The van der Waals surface area contributed by atoms with E-state index in [4.69, 9.17) is 0 Å². The predicted octanol–water partition coefficient (Wildman–Crippen LogP) is 0.904. The number of aromatic nitrogens is 3. The Morgan fingerprint density at radius 3 is 2.11 bits per heavy atom. The number of benzene rings is 1. The van der Waals surface area contributed by atoms with Gasteiger partial charge in [0.05, 0.1) is 13.1 Å². The zero-order chi connectivity index (χ0) is 20.0. The van der Waals surface area contributed by atoms with Crippen molar-refractivity contribution >= 4 is 23.4 Å². The fourth-order valence-electron chi connectivity index (χ4n) is 2.43. The Morgan fingerprint density at radius 1 is 1.04 bits per heavy atom. The van der Waals surface area contributed by atoms with Gasteiger partial charge in [-0.1, -0.05) is 18.2 Å². The third kappa shape index (κ3) is 4.56. The molecule has 2 aromatic rings. The van der Waals surface area contributed by atoms with E-state index in [1.54, 1.807) is 18.2 Å². The number of thioether (sulfide) groups is 1. The molecule has 2 rings (SSSR count). The summed E-state index contributed by atoms with van der Waals surface area (Å²) < 4.78 is 2.42. The van der Waals surface area contributed by atoms with Crippen LogP contribution in [-0.2, 0) is 24.4 Å². The fourth-order valence-corrected chi connectivity index (χ4v) is 2.89. The monoisotopic (exact) mass is 388 g/mol. The van der Waals surface area contributed by atoms with Crippen LogP contribution in [0.2, 0.25) is 0 Å². The molecular weight excluding hydrogens is 368 g/mol. The molecule has 1 N–H and O–H groups in total. The number of hydrogen-bond donors (Lipinski definition) is 1. The van der Waals surface area contributed by atoms with Gasteiger partial charge < -0.3 is 5.32 Å². The Kier molecular flexibility index (Phi) is 6.78. The van der Waals surface area contributed by atoms with Crippen LogP contribution in [-0.4, -0.2) is 25.9 Å². The summed E-state index contributed by atoms with van der Waals surface area (Å²) in [6, 6.07) is 7.16. The van der Waals surface area contributed by atoms with Crippen molar-refractivity contribution in [2.45, 2.75) is 24.5 Å². The summed E-state index contributed by atoms with van der Waals surface area (Å²) in [5.41, 5.74) is -1.95. The van der Waals surface area contributed by atoms with Crippen LogP contribution < -0.4 is 22.4 Å². The number of hydrogen-bond acceptors (Lipinski definition) is 5. The van der Waals surface area contributed by atoms with Gasteiger partial charge in [-0.25, -0.2) is 28.1 Å². The van der Waals surface area contributed by atoms with Crippen LogP contribution in [0.4, 0.5) is 5.69 Å². The highest BCUT2D eigenvalue weighted by molar-refractivity contribution is 7.98. The maximum atomic E-state index is 12.5. The van der Waals surface area contributed by atoms with Gasteiger partial charge in [-0.2, -0.15) is 0 Å². The zero-order valence-corrected chi connectivity index (χ0v) is 15.7. The lowest BCUT2D eigenvalue weighted by Gasteiger charge is -2.12. The summed E-state index contributed by atoms with van der Waals surface area (Å²) in [6.45, 7) is 6.33. The summed E-state index contributed by atoms with van der Waals surface area (Å²) in [4.78, 5) is 50.6. The average molecular weight is 388 g/mol. The second kappa shape index (κ2) is 9.04. The van der Waals surface area contributed by atoms with Gasteiger partial charge in [-0.15, -0.1) is 24.9 Å². The van der Waals surface area contributed by atoms with Crippen LogP contribution >= 0.6 is 11.8 Å². The summed E-state index contributed by atoms with van der Waals surface area (Å²) in [7, 11) is 0. The maximum Gasteiger partial charge on any atom is 0.337 e. The molecule has 0 saturated heterocycles. The van der Waals surface area contributed by atoms with Crippen LogP contribution in [0.15, 0.2) is 68.9 Å². The molecule has 27 heavy (non-hydrogen) atoms. The quantitative estimate of drug-likeness (QED) is 0.536. The van der Waals surface area contributed by atoms with Gasteiger partial charge in [-0.05, 0) is 24.5 Å². The lowest BCUT2D eigenvalue weighted by atomic mass is 10.3. The van der Waals surface area contributed by atoms with E-state index in [-0.39, 0.29) is 13.1 Å². The number of nitrogens with zero attached hydrogens (tertiary/aromatic N) is 3. The Morgan fingerprint density at radius 2 is 1.59 bits per heavy atom. The second-order valence-electron chi connectivity index (χ2n) is 5.51. The molecule has 142 valence electrons. The summed E-state index contributed by atoms with van der Waals surface area (Å²) in [6.07, 6.45) is 4.64. The van der Waals surface area contributed by atoms with Gasteiger partial charge in [-0.3, -0.25) is 4.79 Å². The molecular formula is C18H20N4O4S. The first kappa shape index (κ1) is 20.2. The maximum absolute atomic E-state index is 12.5. The molecule has 1 heterocycles. The molecule has 8 nitrogen and oxygen atoms in total. The molecule has 0 aliphatic heterocycles. The predicted molar refractivity (Wildman–Crippen MR) is 106 cm³/mol. The molecule has 0 aliphatic carbocycles. The molecule has 0 spiro atoms. The average Bonchev–Trinajstić information content (AvgIpc) is 2.66.